The van der Waals surface area contributed by atoms with Crippen LogP contribution in [0, 0.1) is 0 Å². The molecule has 0 radical (unpaired) electrons. The van der Waals surface area contributed by atoms with Crippen molar-refractivity contribution in [3.8, 4) is 11.5 Å². The molecule has 2 saturated heterocycles. The van der Waals surface area contributed by atoms with Crippen molar-refractivity contribution in [3.63, 3.8) is 0 Å². The summed E-state index contributed by atoms with van der Waals surface area (Å²) in [6.07, 6.45) is 3.17. The van der Waals surface area contributed by atoms with Crippen LogP contribution < -0.4 is 20.1 Å². The maximum absolute atomic E-state index is 11.6. The van der Waals surface area contributed by atoms with Crippen LogP contribution in [0.1, 0.15) is 22.3 Å². The van der Waals surface area contributed by atoms with E-state index in [4.69, 9.17) is 32.7 Å². The first-order valence-electron chi connectivity index (χ1n) is 13.7. The molecule has 4 amide bonds. The molecule has 12 heteroatoms. The van der Waals surface area contributed by atoms with Crippen molar-refractivity contribution in [2.75, 3.05) is 0 Å². The summed E-state index contributed by atoms with van der Waals surface area (Å²) in [5, 5.41) is 4.47. The molecule has 0 bridgehead atoms. The molecule has 4 aromatic carbocycles. The summed E-state index contributed by atoms with van der Waals surface area (Å²) in [6.45, 7) is 0.794. The lowest BCUT2D eigenvalue weighted by atomic mass is 10.2. The van der Waals surface area contributed by atoms with Crippen molar-refractivity contribution in [2.45, 2.75) is 13.2 Å². The standard InChI is InChI=1S/2C17H12ClNO3S/c2*18-15-12(9-14-16(20)19-17(21)23-14)7-4-8-13(15)22-10-11-5-2-1-3-6-11/h2*1-9H,10H2,(H,19,20,21). The van der Waals surface area contributed by atoms with Gasteiger partial charge in [0, 0.05) is 0 Å². The van der Waals surface area contributed by atoms with Crippen LogP contribution in [0.25, 0.3) is 12.2 Å². The van der Waals surface area contributed by atoms with E-state index in [1.165, 1.54) is 0 Å². The van der Waals surface area contributed by atoms with Crippen LogP contribution in [-0.2, 0) is 22.8 Å². The SMILES string of the molecule is O=C1NC(=O)C(=Cc2cccc(OCc3ccccc3)c2Cl)S1.O=C1NC(=O)C(=Cc2cccc(OCc3ccccc3)c2Cl)S1. The Hall–Kier alpha value is -4.48. The Morgan fingerprint density at radius 3 is 1.28 bits per heavy atom. The summed E-state index contributed by atoms with van der Waals surface area (Å²) >= 11 is 14.4. The Bertz CT molecular complexity index is 1710. The van der Waals surface area contributed by atoms with Crippen LogP contribution in [0.3, 0.4) is 0 Å². The quantitative estimate of drug-likeness (QED) is 0.177. The van der Waals surface area contributed by atoms with Gasteiger partial charge < -0.3 is 9.47 Å². The third-order valence-corrected chi connectivity index (χ3v) is 8.75. The van der Waals surface area contributed by atoms with Gasteiger partial charge >= 0.3 is 0 Å². The predicted molar refractivity (Wildman–Crippen MR) is 183 cm³/mol. The van der Waals surface area contributed by atoms with Crippen LogP contribution in [0.2, 0.25) is 10.0 Å². The van der Waals surface area contributed by atoms with Crippen molar-refractivity contribution < 1.29 is 28.7 Å². The van der Waals surface area contributed by atoms with E-state index < -0.39 is 11.8 Å². The van der Waals surface area contributed by atoms with Gasteiger partial charge in [0.1, 0.15) is 24.7 Å². The maximum Gasteiger partial charge on any atom is 0.290 e. The smallest absolute Gasteiger partial charge is 0.290 e. The number of carbonyl (C=O) groups excluding carboxylic acids is 4. The lowest BCUT2D eigenvalue weighted by molar-refractivity contribution is -0.116. The molecule has 0 atom stereocenters. The van der Waals surface area contributed by atoms with E-state index >= 15 is 0 Å². The van der Waals surface area contributed by atoms with E-state index in [0.717, 1.165) is 34.7 Å². The van der Waals surface area contributed by atoms with Crippen LogP contribution >= 0.6 is 46.7 Å². The molecule has 2 N–H and O–H groups in total. The Labute approximate surface area is 283 Å². The van der Waals surface area contributed by atoms with Gasteiger partial charge in [0.25, 0.3) is 22.3 Å². The molecule has 4 aromatic rings. The van der Waals surface area contributed by atoms with Gasteiger partial charge in [-0.1, -0.05) is 108 Å². The maximum atomic E-state index is 11.6. The number of thioether (sulfide) groups is 2. The lowest BCUT2D eigenvalue weighted by Gasteiger charge is -2.10. The molecular formula is C34H24Cl2N2O6S2. The molecule has 0 aliphatic carbocycles. The van der Waals surface area contributed by atoms with E-state index in [1.54, 1.807) is 48.6 Å². The second-order valence-corrected chi connectivity index (χ2v) is 12.4. The zero-order valence-electron chi connectivity index (χ0n) is 23.8. The molecule has 0 saturated carbocycles. The molecule has 46 heavy (non-hydrogen) atoms. The molecule has 2 fully saturated rings. The third kappa shape index (κ3) is 8.82. The second kappa shape index (κ2) is 15.7. The molecule has 8 nitrogen and oxygen atoms in total. The van der Waals surface area contributed by atoms with Gasteiger partial charge in [-0.15, -0.1) is 0 Å². The minimum atomic E-state index is -0.410. The van der Waals surface area contributed by atoms with Gasteiger partial charge in [-0.3, -0.25) is 29.8 Å². The molecule has 0 aromatic heterocycles. The van der Waals surface area contributed by atoms with Gasteiger partial charge in [-0.2, -0.15) is 0 Å². The minimum absolute atomic E-state index is 0.317. The van der Waals surface area contributed by atoms with Crippen LogP contribution in [0.5, 0.6) is 11.5 Å². The molecule has 0 spiro atoms. The van der Waals surface area contributed by atoms with Crippen molar-refractivity contribution in [3.05, 3.63) is 139 Å². The number of rotatable bonds is 8. The van der Waals surface area contributed by atoms with E-state index in [0.29, 0.717) is 55.7 Å². The molecule has 232 valence electrons. The fourth-order valence-electron chi connectivity index (χ4n) is 4.10. The number of ether oxygens (including phenoxy) is 2. The van der Waals surface area contributed by atoms with Crippen molar-refractivity contribution in [1.29, 1.82) is 0 Å². The fraction of sp³-hybridized carbons (Fsp3) is 0.0588. The first-order valence-corrected chi connectivity index (χ1v) is 16.1. The number of halogens is 2. The summed E-state index contributed by atoms with van der Waals surface area (Å²) in [4.78, 5) is 46.2. The van der Waals surface area contributed by atoms with Gasteiger partial charge in [-0.25, -0.2) is 0 Å². The molecule has 2 aliphatic rings. The number of amides is 4. The molecule has 6 rings (SSSR count). The van der Waals surface area contributed by atoms with Gasteiger partial charge in [0.15, 0.2) is 0 Å². The van der Waals surface area contributed by atoms with E-state index in [-0.39, 0.29) is 10.5 Å². The topological polar surface area (TPSA) is 111 Å². The van der Waals surface area contributed by atoms with E-state index in [1.807, 2.05) is 60.7 Å². The zero-order chi connectivity index (χ0) is 32.5. The predicted octanol–water partition coefficient (Wildman–Crippen LogP) is 8.49. The highest BCUT2D eigenvalue weighted by atomic mass is 35.5. The van der Waals surface area contributed by atoms with Crippen molar-refractivity contribution in [1.82, 2.24) is 10.6 Å². The summed E-state index contributed by atoms with van der Waals surface area (Å²) in [6, 6.07) is 30.1. The number of nitrogens with one attached hydrogen (secondary N) is 2. The number of hydrogen-bond acceptors (Lipinski definition) is 8. The Kier molecular flexibility index (Phi) is 11.2. The van der Waals surface area contributed by atoms with Gasteiger partial charge in [-0.05, 0) is 70.1 Å². The number of hydrogen-bond donors (Lipinski definition) is 2. The Morgan fingerprint density at radius 1 is 0.543 bits per heavy atom. The molecule has 0 unspecified atom stereocenters. The largest absolute Gasteiger partial charge is 0.487 e. The lowest BCUT2D eigenvalue weighted by Crippen LogP contribution is -2.17. The molecule has 2 heterocycles. The van der Waals surface area contributed by atoms with Crippen LogP contribution in [0.4, 0.5) is 9.59 Å². The summed E-state index contributed by atoms with van der Waals surface area (Å²) in [5.41, 5.74) is 3.32. The number of imide groups is 2. The highest BCUT2D eigenvalue weighted by Gasteiger charge is 2.26. The number of benzene rings is 4. The fourth-order valence-corrected chi connectivity index (χ4v) is 5.91. The normalized spacial score (nSPS) is 15.8. The summed E-state index contributed by atoms with van der Waals surface area (Å²) < 4.78 is 11.5. The Morgan fingerprint density at radius 2 is 0.935 bits per heavy atom. The highest BCUT2D eigenvalue weighted by Crippen LogP contribution is 2.34. The summed E-state index contributed by atoms with van der Waals surface area (Å²) in [5.74, 6) is 0.234. The number of carbonyl (C=O) groups is 4. The van der Waals surface area contributed by atoms with Gasteiger partial charge in [0.2, 0.25) is 0 Å². The van der Waals surface area contributed by atoms with E-state index in [2.05, 4.69) is 10.6 Å². The first-order chi connectivity index (χ1) is 22.3. The van der Waals surface area contributed by atoms with Crippen LogP contribution in [-0.4, -0.2) is 22.3 Å². The van der Waals surface area contributed by atoms with Crippen molar-refractivity contribution >= 4 is 81.2 Å². The van der Waals surface area contributed by atoms with Gasteiger partial charge in [0.05, 0.1) is 19.9 Å². The van der Waals surface area contributed by atoms with Crippen LogP contribution in [0.15, 0.2) is 107 Å². The third-order valence-electron chi connectivity index (χ3n) is 6.32. The second-order valence-electron chi connectivity index (χ2n) is 9.57. The first kappa shape index (κ1) is 32.9. The minimum Gasteiger partial charge on any atom is -0.487 e. The average molecular weight is 692 g/mol. The highest BCUT2D eigenvalue weighted by molar-refractivity contribution is 8.18. The summed E-state index contributed by atoms with van der Waals surface area (Å²) in [7, 11) is 0. The monoisotopic (exact) mass is 690 g/mol. The zero-order valence-corrected chi connectivity index (χ0v) is 27.0. The average Bonchev–Trinajstić information content (AvgIpc) is 3.55. The molecule has 2 aliphatic heterocycles. The Balaban J connectivity index is 0.000000181. The molecular weight excluding hydrogens is 667 g/mol. The van der Waals surface area contributed by atoms with Crippen molar-refractivity contribution in [2.24, 2.45) is 0 Å². The van der Waals surface area contributed by atoms with E-state index in [9.17, 15) is 19.2 Å².